The lowest BCUT2D eigenvalue weighted by molar-refractivity contribution is 0.133. The Balaban J connectivity index is 5.86. The van der Waals surface area contributed by atoms with E-state index >= 15 is 0 Å². The zero-order valence-electron chi connectivity index (χ0n) is 19.6. The van der Waals surface area contributed by atoms with Crippen LogP contribution in [0.2, 0.25) is 0 Å². The molecule has 0 amide bonds. The predicted octanol–water partition coefficient (Wildman–Crippen LogP) is 7.05. The largest absolute Gasteiger partial charge is 0.512 e. The van der Waals surface area contributed by atoms with E-state index in [9.17, 15) is 5.11 Å². The monoisotopic (exact) mass is 399 g/mol. The lowest BCUT2D eigenvalue weighted by Crippen LogP contribution is -2.31. The third-order valence-electron chi connectivity index (χ3n) is 5.02. The standard InChI is InChI=1S/C26H41NO2/c1-11-15-19(5)26(17-24(28)13-3)21(7)16-20(6)25(14-4)22(8)29-18-23(12-2)27(9)10/h11,14,16-17,23,28H,1,4,8,12-13,15,18H2,2-3,5-7,9-10H3/b21-16+,24-17+,25-20-,26-19+. The molecule has 0 aromatic rings. The quantitative estimate of drug-likeness (QED) is 0.205. The van der Waals surface area contributed by atoms with Crippen molar-refractivity contribution < 1.29 is 9.84 Å². The normalized spacial score (nSPS) is 15.4. The van der Waals surface area contributed by atoms with E-state index in [1.807, 2.05) is 32.9 Å². The number of nitrogens with zero attached hydrogens (tertiary/aromatic N) is 1. The Morgan fingerprint density at radius 1 is 1.07 bits per heavy atom. The van der Waals surface area contributed by atoms with Crippen molar-refractivity contribution in [1.29, 1.82) is 0 Å². The minimum atomic E-state index is 0.341. The van der Waals surface area contributed by atoms with Gasteiger partial charge in [0.25, 0.3) is 0 Å². The summed E-state index contributed by atoms with van der Waals surface area (Å²) in [4.78, 5) is 2.16. The van der Waals surface area contributed by atoms with Crippen LogP contribution in [0, 0.1) is 0 Å². The van der Waals surface area contributed by atoms with E-state index < -0.39 is 0 Å². The molecule has 0 aliphatic carbocycles. The first kappa shape index (κ1) is 26.7. The third kappa shape index (κ3) is 9.19. The van der Waals surface area contributed by atoms with E-state index in [4.69, 9.17) is 4.74 Å². The second kappa shape index (κ2) is 13.8. The highest BCUT2D eigenvalue weighted by Gasteiger charge is 2.12. The maximum atomic E-state index is 10.1. The van der Waals surface area contributed by atoms with Gasteiger partial charge in [-0.05, 0) is 70.5 Å². The molecule has 3 heteroatoms. The average Bonchev–Trinajstić information content (AvgIpc) is 2.66. The number of likely N-dealkylation sites (N-methyl/N-ethyl adjacent to an activating group) is 1. The highest BCUT2D eigenvalue weighted by Crippen LogP contribution is 2.25. The second-order valence-corrected chi connectivity index (χ2v) is 7.56. The van der Waals surface area contributed by atoms with E-state index in [2.05, 4.69) is 58.7 Å². The van der Waals surface area contributed by atoms with Crippen LogP contribution in [0.25, 0.3) is 0 Å². The first-order chi connectivity index (χ1) is 13.6. The molecule has 0 saturated carbocycles. The highest BCUT2D eigenvalue weighted by atomic mass is 16.5. The maximum Gasteiger partial charge on any atom is 0.119 e. The van der Waals surface area contributed by atoms with Crippen molar-refractivity contribution in [3.8, 4) is 0 Å². The second-order valence-electron chi connectivity index (χ2n) is 7.56. The van der Waals surface area contributed by atoms with E-state index in [-0.39, 0.29) is 0 Å². The Bertz CT molecular complexity index is 702. The van der Waals surface area contributed by atoms with Gasteiger partial charge in [-0.3, -0.25) is 0 Å². The number of aliphatic hydroxyl groups is 1. The van der Waals surface area contributed by atoms with Crippen molar-refractivity contribution in [1.82, 2.24) is 4.90 Å². The molecule has 1 atom stereocenters. The zero-order valence-corrected chi connectivity index (χ0v) is 19.6. The molecule has 0 heterocycles. The maximum absolute atomic E-state index is 10.1. The average molecular weight is 400 g/mol. The molecule has 0 bridgehead atoms. The van der Waals surface area contributed by atoms with Crippen LogP contribution in [0.3, 0.4) is 0 Å². The van der Waals surface area contributed by atoms with Crippen LogP contribution in [-0.2, 0) is 4.74 Å². The molecule has 1 N–H and O–H groups in total. The van der Waals surface area contributed by atoms with Gasteiger partial charge in [-0.1, -0.05) is 50.8 Å². The summed E-state index contributed by atoms with van der Waals surface area (Å²) in [5.74, 6) is 0.992. The van der Waals surface area contributed by atoms with E-state index in [1.165, 1.54) is 0 Å². The van der Waals surface area contributed by atoms with E-state index in [1.54, 1.807) is 6.08 Å². The predicted molar refractivity (Wildman–Crippen MR) is 128 cm³/mol. The van der Waals surface area contributed by atoms with Crippen LogP contribution in [0.1, 0.15) is 53.9 Å². The fourth-order valence-electron chi connectivity index (χ4n) is 3.05. The lowest BCUT2D eigenvalue weighted by Gasteiger charge is -2.24. The van der Waals surface area contributed by atoms with Gasteiger partial charge in [0.15, 0.2) is 0 Å². The van der Waals surface area contributed by atoms with Crippen LogP contribution < -0.4 is 0 Å². The first-order valence-electron chi connectivity index (χ1n) is 10.3. The zero-order chi connectivity index (χ0) is 22.6. The van der Waals surface area contributed by atoms with Crippen molar-refractivity contribution in [2.45, 2.75) is 59.9 Å². The Morgan fingerprint density at radius 3 is 2.14 bits per heavy atom. The Kier molecular flexibility index (Phi) is 12.8. The van der Waals surface area contributed by atoms with Gasteiger partial charge in [0.05, 0.1) is 5.76 Å². The molecule has 1 unspecified atom stereocenters. The van der Waals surface area contributed by atoms with Crippen LogP contribution in [-0.4, -0.2) is 36.8 Å². The Morgan fingerprint density at radius 2 is 1.69 bits per heavy atom. The van der Waals surface area contributed by atoms with Crippen molar-refractivity contribution >= 4 is 0 Å². The van der Waals surface area contributed by atoms with Gasteiger partial charge >= 0.3 is 0 Å². The molecule has 0 saturated heterocycles. The Hall–Kier alpha value is -2.26. The fraction of sp³-hybridized carbons (Fsp3) is 0.462. The molecule has 0 radical (unpaired) electrons. The van der Waals surface area contributed by atoms with E-state index in [0.717, 1.165) is 40.7 Å². The van der Waals surface area contributed by atoms with Crippen molar-refractivity contribution in [2.75, 3.05) is 20.7 Å². The summed E-state index contributed by atoms with van der Waals surface area (Å²) in [6.45, 7) is 22.7. The smallest absolute Gasteiger partial charge is 0.119 e. The van der Waals surface area contributed by atoms with Crippen molar-refractivity contribution in [3.63, 3.8) is 0 Å². The number of aliphatic hydroxyl groups excluding tert-OH is 1. The van der Waals surface area contributed by atoms with Crippen LogP contribution >= 0.6 is 0 Å². The van der Waals surface area contributed by atoms with Gasteiger partial charge in [0.1, 0.15) is 12.4 Å². The molecule has 0 aromatic carbocycles. The molecule has 0 aliphatic rings. The molecule has 3 nitrogen and oxygen atoms in total. The van der Waals surface area contributed by atoms with Crippen molar-refractivity contribution in [3.05, 3.63) is 83.4 Å². The summed E-state index contributed by atoms with van der Waals surface area (Å²) in [7, 11) is 4.11. The number of rotatable bonds is 13. The lowest BCUT2D eigenvalue weighted by atomic mass is 9.95. The minimum Gasteiger partial charge on any atom is -0.512 e. The summed E-state index contributed by atoms with van der Waals surface area (Å²) in [6.07, 6.45) is 9.98. The summed E-state index contributed by atoms with van der Waals surface area (Å²) < 4.78 is 5.97. The molecular formula is C26H41NO2. The summed E-state index contributed by atoms with van der Waals surface area (Å²) in [6, 6.07) is 0.341. The number of hydrogen-bond donors (Lipinski definition) is 1. The SMILES string of the molecule is C=CC/C(C)=C(\C=C(\O)CC)C(/C)=C/C(C)=C(/C=C)C(=C)OCC(CC)N(C)C. The van der Waals surface area contributed by atoms with Crippen molar-refractivity contribution in [2.24, 2.45) is 0 Å². The summed E-state index contributed by atoms with van der Waals surface area (Å²) >= 11 is 0. The molecule has 29 heavy (non-hydrogen) atoms. The van der Waals surface area contributed by atoms with Crippen LogP contribution in [0.15, 0.2) is 83.4 Å². The molecule has 0 fully saturated rings. The van der Waals surface area contributed by atoms with Gasteiger partial charge < -0.3 is 14.7 Å². The third-order valence-corrected chi connectivity index (χ3v) is 5.02. The molecule has 162 valence electrons. The molecule has 0 spiro atoms. The van der Waals surface area contributed by atoms with E-state index in [0.29, 0.717) is 30.6 Å². The molecular weight excluding hydrogens is 358 g/mol. The number of hydrogen-bond acceptors (Lipinski definition) is 3. The fourth-order valence-corrected chi connectivity index (χ4v) is 3.05. The summed E-state index contributed by atoms with van der Waals surface area (Å²) in [5.41, 5.74) is 5.16. The number of allylic oxidation sites excluding steroid dienone is 9. The van der Waals surface area contributed by atoms with Gasteiger partial charge in [0, 0.05) is 18.0 Å². The molecule has 0 rings (SSSR count). The van der Waals surface area contributed by atoms with Gasteiger partial charge in [-0.2, -0.15) is 0 Å². The Labute approximate surface area is 179 Å². The number of ether oxygens (including phenoxy) is 1. The van der Waals surface area contributed by atoms with Gasteiger partial charge in [0.2, 0.25) is 0 Å². The minimum absolute atomic E-state index is 0.341. The van der Waals surface area contributed by atoms with Crippen LogP contribution in [0.5, 0.6) is 0 Å². The molecule has 0 aliphatic heterocycles. The van der Waals surface area contributed by atoms with Crippen LogP contribution in [0.4, 0.5) is 0 Å². The summed E-state index contributed by atoms with van der Waals surface area (Å²) in [5, 5.41) is 10.1. The first-order valence-corrected chi connectivity index (χ1v) is 10.3. The van der Waals surface area contributed by atoms with Gasteiger partial charge in [-0.25, -0.2) is 0 Å². The molecule has 0 aromatic heterocycles. The topological polar surface area (TPSA) is 32.7 Å². The van der Waals surface area contributed by atoms with Gasteiger partial charge in [-0.15, -0.1) is 6.58 Å². The highest BCUT2D eigenvalue weighted by molar-refractivity contribution is 5.49.